The number of rotatable bonds is 4. The van der Waals surface area contributed by atoms with Crippen LogP contribution in [0.4, 0.5) is 4.39 Å². The number of aryl methyl sites for hydroxylation is 2. The van der Waals surface area contributed by atoms with Gasteiger partial charge in [0.05, 0.1) is 11.3 Å². The van der Waals surface area contributed by atoms with E-state index in [0.717, 1.165) is 5.56 Å². The molecule has 0 aliphatic heterocycles. The minimum absolute atomic E-state index is 0.303. The van der Waals surface area contributed by atoms with Gasteiger partial charge in [-0.2, -0.15) is 5.10 Å². The molecular formula is C16H17FN2O2. The minimum atomic E-state index is -0.322. The fraction of sp³-hybridized carbons (Fsp3) is 0.250. The third kappa shape index (κ3) is 3.56. The van der Waals surface area contributed by atoms with E-state index in [4.69, 9.17) is 4.42 Å². The SMILES string of the molecule is CC/C(=N\NC(=O)c1cc(C)oc1C)c1ccc(F)cc1. The highest BCUT2D eigenvalue weighted by Gasteiger charge is 2.13. The fourth-order valence-corrected chi connectivity index (χ4v) is 2.02. The molecule has 0 bridgehead atoms. The molecule has 1 aromatic carbocycles. The van der Waals surface area contributed by atoms with E-state index in [0.29, 0.717) is 29.2 Å². The number of halogens is 1. The molecule has 1 aromatic heterocycles. The molecule has 1 amide bonds. The smallest absolute Gasteiger partial charge is 0.274 e. The average molecular weight is 288 g/mol. The van der Waals surface area contributed by atoms with Crippen LogP contribution in [0.2, 0.25) is 0 Å². The van der Waals surface area contributed by atoms with E-state index >= 15 is 0 Å². The van der Waals surface area contributed by atoms with Crippen LogP contribution in [0.5, 0.6) is 0 Å². The molecule has 2 rings (SSSR count). The normalized spacial score (nSPS) is 11.5. The number of nitrogens with one attached hydrogen (secondary N) is 1. The lowest BCUT2D eigenvalue weighted by Crippen LogP contribution is -2.20. The lowest BCUT2D eigenvalue weighted by atomic mass is 10.1. The number of hydrogen-bond acceptors (Lipinski definition) is 3. The zero-order valence-corrected chi connectivity index (χ0v) is 12.2. The molecule has 0 radical (unpaired) electrons. The molecule has 0 atom stereocenters. The zero-order valence-electron chi connectivity index (χ0n) is 12.2. The van der Waals surface area contributed by atoms with Crippen LogP contribution in [-0.4, -0.2) is 11.6 Å². The van der Waals surface area contributed by atoms with Crippen molar-refractivity contribution in [2.45, 2.75) is 27.2 Å². The number of hydrogen-bond donors (Lipinski definition) is 1. The molecule has 1 heterocycles. The van der Waals surface area contributed by atoms with Crippen molar-refractivity contribution >= 4 is 11.6 Å². The van der Waals surface area contributed by atoms with Crippen LogP contribution in [0.25, 0.3) is 0 Å². The van der Waals surface area contributed by atoms with Crippen LogP contribution in [0.15, 0.2) is 39.9 Å². The van der Waals surface area contributed by atoms with Gasteiger partial charge in [0.15, 0.2) is 0 Å². The zero-order chi connectivity index (χ0) is 15.4. The van der Waals surface area contributed by atoms with Gasteiger partial charge in [0.25, 0.3) is 5.91 Å². The number of carbonyl (C=O) groups is 1. The van der Waals surface area contributed by atoms with Gasteiger partial charge in [-0.3, -0.25) is 4.79 Å². The molecule has 0 unspecified atom stereocenters. The van der Waals surface area contributed by atoms with Crippen LogP contribution in [-0.2, 0) is 0 Å². The van der Waals surface area contributed by atoms with Crippen molar-refractivity contribution in [1.29, 1.82) is 0 Å². The van der Waals surface area contributed by atoms with Gasteiger partial charge in [0.1, 0.15) is 17.3 Å². The Balaban J connectivity index is 2.16. The molecular weight excluding hydrogens is 271 g/mol. The lowest BCUT2D eigenvalue weighted by Gasteiger charge is -2.05. The van der Waals surface area contributed by atoms with E-state index in [2.05, 4.69) is 10.5 Å². The molecule has 0 saturated carbocycles. The molecule has 5 heteroatoms. The number of hydrazone groups is 1. The molecule has 110 valence electrons. The highest BCUT2D eigenvalue weighted by Crippen LogP contribution is 2.13. The summed E-state index contributed by atoms with van der Waals surface area (Å²) in [5.74, 6) is 0.607. The molecule has 0 saturated heterocycles. The number of carbonyl (C=O) groups excluding carboxylic acids is 1. The number of nitrogens with zero attached hydrogens (tertiary/aromatic N) is 1. The first-order valence-electron chi connectivity index (χ1n) is 6.71. The fourth-order valence-electron chi connectivity index (χ4n) is 2.02. The Morgan fingerprint density at radius 2 is 1.95 bits per heavy atom. The van der Waals surface area contributed by atoms with Gasteiger partial charge in [0, 0.05) is 0 Å². The Bertz CT molecular complexity index is 672. The Kier molecular flexibility index (Phi) is 4.52. The van der Waals surface area contributed by atoms with Gasteiger partial charge < -0.3 is 4.42 Å². The summed E-state index contributed by atoms with van der Waals surface area (Å²) in [6, 6.07) is 7.68. The summed E-state index contributed by atoms with van der Waals surface area (Å²) in [5.41, 5.74) is 4.44. The Morgan fingerprint density at radius 3 is 2.48 bits per heavy atom. The maximum Gasteiger partial charge on any atom is 0.274 e. The first kappa shape index (κ1) is 15.0. The molecule has 0 fully saturated rings. The Hall–Kier alpha value is -2.43. The molecule has 0 aliphatic carbocycles. The number of furan rings is 1. The van der Waals surface area contributed by atoms with E-state index in [1.807, 2.05) is 6.92 Å². The van der Waals surface area contributed by atoms with E-state index in [1.54, 1.807) is 32.0 Å². The van der Waals surface area contributed by atoms with E-state index < -0.39 is 0 Å². The van der Waals surface area contributed by atoms with Gasteiger partial charge in [-0.1, -0.05) is 19.1 Å². The van der Waals surface area contributed by atoms with Gasteiger partial charge in [-0.15, -0.1) is 0 Å². The summed E-state index contributed by atoms with van der Waals surface area (Å²) in [4.78, 5) is 12.0. The van der Waals surface area contributed by atoms with Crippen molar-refractivity contribution in [2.75, 3.05) is 0 Å². The summed E-state index contributed by atoms with van der Waals surface area (Å²) < 4.78 is 18.2. The second kappa shape index (κ2) is 6.35. The second-order valence-corrected chi connectivity index (χ2v) is 4.69. The summed E-state index contributed by atoms with van der Waals surface area (Å²) in [6.07, 6.45) is 0.620. The van der Waals surface area contributed by atoms with Gasteiger partial charge >= 0.3 is 0 Å². The number of benzene rings is 1. The van der Waals surface area contributed by atoms with Crippen LogP contribution in [0.3, 0.4) is 0 Å². The highest BCUT2D eigenvalue weighted by molar-refractivity contribution is 6.02. The summed E-state index contributed by atoms with van der Waals surface area (Å²) in [7, 11) is 0. The van der Waals surface area contributed by atoms with Gasteiger partial charge in [-0.25, -0.2) is 9.82 Å². The third-order valence-corrected chi connectivity index (χ3v) is 3.09. The van der Waals surface area contributed by atoms with Gasteiger partial charge in [-0.05, 0) is 44.0 Å². The Morgan fingerprint density at radius 1 is 1.29 bits per heavy atom. The van der Waals surface area contributed by atoms with E-state index in [1.165, 1.54) is 12.1 Å². The third-order valence-electron chi connectivity index (χ3n) is 3.09. The second-order valence-electron chi connectivity index (χ2n) is 4.69. The molecule has 1 N–H and O–H groups in total. The molecule has 2 aromatic rings. The van der Waals surface area contributed by atoms with Crippen LogP contribution < -0.4 is 5.43 Å². The van der Waals surface area contributed by atoms with Crippen LogP contribution in [0, 0.1) is 19.7 Å². The van der Waals surface area contributed by atoms with Crippen molar-refractivity contribution < 1.29 is 13.6 Å². The van der Waals surface area contributed by atoms with Gasteiger partial charge in [0.2, 0.25) is 0 Å². The molecule has 0 aliphatic rings. The van der Waals surface area contributed by atoms with E-state index in [9.17, 15) is 9.18 Å². The van der Waals surface area contributed by atoms with Crippen molar-refractivity contribution in [3.8, 4) is 0 Å². The van der Waals surface area contributed by atoms with Crippen molar-refractivity contribution in [3.63, 3.8) is 0 Å². The molecule has 21 heavy (non-hydrogen) atoms. The maximum absolute atomic E-state index is 12.9. The monoisotopic (exact) mass is 288 g/mol. The standard InChI is InChI=1S/C16H17FN2O2/c1-4-15(12-5-7-13(17)8-6-12)18-19-16(20)14-9-10(2)21-11(14)3/h5-9H,4H2,1-3H3,(H,19,20)/b18-15+. The molecule has 0 spiro atoms. The predicted molar refractivity (Wildman–Crippen MR) is 78.9 cm³/mol. The molecule has 4 nitrogen and oxygen atoms in total. The summed E-state index contributed by atoms with van der Waals surface area (Å²) >= 11 is 0. The first-order valence-corrected chi connectivity index (χ1v) is 6.71. The first-order chi connectivity index (χ1) is 10.0. The van der Waals surface area contributed by atoms with Crippen molar-refractivity contribution in [1.82, 2.24) is 5.43 Å². The Labute approximate surface area is 122 Å². The topological polar surface area (TPSA) is 54.6 Å². The quantitative estimate of drug-likeness (QED) is 0.690. The lowest BCUT2D eigenvalue weighted by molar-refractivity contribution is 0.0953. The summed E-state index contributed by atoms with van der Waals surface area (Å²) in [6.45, 7) is 5.43. The van der Waals surface area contributed by atoms with E-state index in [-0.39, 0.29) is 11.7 Å². The summed E-state index contributed by atoms with van der Waals surface area (Å²) in [5, 5.41) is 4.12. The number of amides is 1. The van der Waals surface area contributed by atoms with Crippen molar-refractivity contribution in [2.24, 2.45) is 5.10 Å². The minimum Gasteiger partial charge on any atom is -0.466 e. The average Bonchev–Trinajstić information content (AvgIpc) is 2.80. The maximum atomic E-state index is 12.9. The largest absolute Gasteiger partial charge is 0.466 e. The van der Waals surface area contributed by atoms with Crippen LogP contribution in [0.1, 0.15) is 40.8 Å². The highest BCUT2D eigenvalue weighted by atomic mass is 19.1. The predicted octanol–water partition coefficient (Wildman–Crippen LogP) is 3.58. The van der Waals surface area contributed by atoms with Crippen LogP contribution >= 0.6 is 0 Å². The van der Waals surface area contributed by atoms with Crippen molar-refractivity contribution in [3.05, 3.63) is 58.8 Å².